The van der Waals surface area contributed by atoms with E-state index in [0.29, 0.717) is 18.4 Å². The Balaban J connectivity index is 2.12. The standard InChI is InChI=1S/C13H18O2/c1-9(2)10(3)13-8-14-11-6-4-5-7-12(11)15-13/h4-7,9-10,13H,8H2,1-3H3. The van der Waals surface area contributed by atoms with Gasteiger partial charge in [-0.05, 0) is 24.0 Å². The summed E-state index contributed by atoms with van der Waals surface area (Å²) in [7, 11) is 0. The average molecular weight is 206 g/mol. The fraction of sp³-hybridized carbons (Fsp3) is 0.538. The van der Waals surface area contributed by atoms with Gasteiger partial charge in [0.25, 0.3) is 0 Å². The fourth-order valence-corrected chi connectivity index (χ4v) is 1.72. The topological polar surface area (TPSA) is 18.5 Å². The Morgan fingerprint density at radius 3 is 2.47 bits per heavy atom. The van der Waals surface area contributed by atoms with Crippen LogP contribution in [0, 0.1) is 11.8 Å². The maximum absolute atomic E-state index is 5.93. The van der Waals surface area contributed by atoms with Gasteiger partial charge in [-0.25, -0.2) is 0 Å². The second kappa shape index (κ2) is 4.13. The molecule has 2 unspecified atom stereocenters. The van der Waals surface area contributed by atoms with Crippen molar-refractivity contribution in [3.63, 3.8) is 0 Å². The van der Waals surface area contributed by atoms with Gasteiger partial charge >= 0.3 is 0 Å². The Bertz CT molecular complexity index is 333. The third-order valence-electron chi connectivity index (χ3n) is 3.17. The van der Waals surface area contributed by atoms with Crippen molar-refractivity contribution in [3.05, 3.63) is 24.3 Å². The minimum Gasteiger partial charge on any atom is -0.486 e. The summed E-state index contributed by atoms with van der Waals surface area (Å²) in [6, 6.07) is 7.86. The largest absolute Gasteiger partial charge is 0.486 e. The first-order valence-electron chi connectivity index (χ1n) is 5.57. The van der Waals surface area contributed by atoms with Gasteiger partial charge in [-0.1, -0.05) is 32.9 Å². The quantitative estimate of drug-likeness (QED) is 0.740. The zero-order valence-electron chi connectivity index (χ0n) is 9.57. The first-order chi connectivity index (χ1) is 7.18. The van der Waals surface area contributed by atoms with E-state index in [2.05, 4.69) is 20.8 Å². The Hall–Kier alpha value is -1.18. The Labute approximate surface area is 91.2 Å². The average Bonchev–Trinajstić information content (AvgIpc) is 2.27. The van der Waals surface area contributed by atoms with Gasteiger partial charge < -0.3 is 9.47 Å². The maximum Gasteiger partial charge on any atom is 0.161 e. The molecule has 0 aromatic heterocycles. The summed E-state index contributed by atoms with van der Waals surface area (Å²) in [6.07, 6.45) is 0.180. The van der Waals surface area contributed by atoms with Crippen LogP contribution in [0.2, 0.25) is 0 Å². The van der Waals surface area contributed by atoms with Gasteiger partial charge in [0, 0.05) is 0 Å². The molecule has 1 aromatic carbocycles. The molecule has 1 heterocycles. The van der Waals surface area contributed by atoms with Crippen molar-refractivity contribution >= 4 is 0 Å². The molecule has 0 N–H and O–H groups in total. The number of ether oxygens (including phenoxy) is 2. The normalized spacial score (nSPS) is 21.5. The molecule has 0 saturated heterocycles. The lowest BCUT2D eigenvalue weighted by Crippen LogP contribution is -2.37. The first kappa shape index (κ1) is 10.3. The van der Waals surface area contributed by atoms with Crippen molar-refractivity contribution < 1.29 is 9.47 Å². The van der Waals surface area contributed by atoms with Gasteiger partial charge in [-0.2, -0.15) is 0 Å². The van der Waals surface area contributed by atoms with Gasteiger partial charge in [0.1, 0.15) is 12.7 Å². The van der Waals surface area contributed by atoms with Gasteiger partial charge in [0.05, 0.1) is 0 Å². The molecule has 0 fully saturated rings. The first-order valence-corrected chi connectivity index (χ1v) is 5.57. The van der Waals surface area contributed by atoms with E-state index >= 15 is 0 Å². The van der Waals surface area contributed by atoms with Crippen molar-refractivity contribution in [1.82, 2.24) is 0 Å². The highest BCUT2D eigenvalue weighted by Crippen LogP contribution is 2.33. The Morgan fingerprint density at radius 2 is 1.80 bits per heavy atom. The van der Waals surface area contributed by atoms with Crippen LogP contribution < -0.4 is 9.47 Å². The third-order valence-corrected chi connectivity index (χ3v) is 3.17. The van der Waals surface area contributed by atoms with Gasteiger partial charge in [-0.3, -0.25) is 0 Å². The van der Waals surface area contributed by atoms with E-state index in [1.807, 2.05) is 24.3 Å². The summed E-state index contributed by atoms with van der Waals surface area (Å²) in [5.41, 5.74) is 0. The van der Waals surface area contributed by atoms with Crippen LogP contribution in [0.4, 0.5) is 0 Å². The molecule has 1 aromatic rings. The van der Waals surface area contributed by atoms with E-state index in [0.717, 1.165) is 11.5 Å². The van der Waals surface area contributed by atoms with Crippen LogP contribution in [0.5, 0.6) is 11.5 Å². The number of hydrogen-bond acceptors (Lipinski definition) is 2. The molecule has 2 heteroatoms. The zero-order valence-corrected chi connectivity index (χ0v) is 9.57. The van der Waals surface area contributed by atoms with Crippen LogP contribution in [0.15, 0.2) is 24.3 Å². The van der Waals surface area contributed by atoms with E-state index < -0.39 is 0 Å². The second-order valence-corrected chi connectivity index (χ2v) is 4.52. The highest BCUT2D eigenvalue weighted by atomic mass is 16.6. The minimum atomic E-state index is 0.180. The summed E-state index contributed by atoms with van der Waals surface area (Å²) < 4.78 is 11.6. The number of fused-ring (bicyclic) bond motifs is 1. The minimum absolute atomic E-state index is 0.180. The van der Waals surface area contributed by atoms with Crippen molar-refractivity contribution in [2.75, 3.05) is 6.61 Å². The third kappa shape index (κ3) is 2.09. The molecule has 1 aliphatic rings. The molecule has 0 bridgehead atoms. The second-order valence-electron chi connectivity index (χ2n) is 4.52. The number of rotatable bonds is 2. The molecule has 1 aliphatic heterocycles. The molecule has 2 nitrogen and oxygen atoms in total. The van der Waals surface area contributed by atoms with Crippen LogP contribution in [0.25, 0.3) is 0 Å². The summed E-state index contributed by atoms with van der Waals surface area (Å²) in [6.45, 7) is 7.31. The molecular formula is C13H18O2. The van der Waals surface area contributed by atoms with Gasteiger partial charge in [0.2, 0.25) is 0 Å². The van der Waals surface area contributed by atoms with Crippen LogP contribution in [0.3, 0.4) is 0 Å². The smallest absolute Gasteiger partial charge is 0.161 e. The van der Waals surface area contributed by atoms with Gasteiger partial charge in [0.15, 0.2) is 11.5 Å². The lowest BCUT2D eigenvalue weighted by Gasteiger charge is -2.32. The molecule has 0 radical (unpaired) electrons. The fourth-order valence-electron chi connectivity index (χ4n) is 1.72. The lowest BCUT2D eigenvalue weighted by molar-refractivity contribution is 0.0381. The molecule has 2 atom stereocenters. The summed E-state index contributed by atoms with van der Waals surface area (Å²) in [5, 5.41) is 0. The van der Waals surface area contributed by atoms with Crippen LogP contribution in [-0.2, 0) is 0 Å². The molecule has 2 rings (SSSR count). The van der Waals surface area contributed by atoms with E-state index in [1.54, 1.807) is 0 Å². The van der Waals surface area contributed by atoms with E-state index in [9.17, 15) is 0 Å². The van der Waals surface area contributed by atoms with E-state index in [1.165, 1.54) is 0 Å². The monoisotopic (exact) mass is 206 g/mol. The lowest BCUT2D eigenvalue weighted by atomic mass is 9.92. The molecule has 15 heavy (non-hydrogen) atoms. The molecule has 0 aliphatic carbocycles. The highest BCUT2D eigenvalue weighted by molar-refractivity contribution is 5.40. The predicted molar refractivity (Wildman–Crippen MR) is 60.4 cm³/mol. The molecule has 0 saturated carbocycles. The van der Waals surface area contributed by atoms with E-state index in [4.69, 9.17) is 9.47 Å². The van der Waals surface area contributed by atoms with Crippen LogP contribution in [-0.4, -0.2) is 12.7 Å². The van der Waals surface area contributed by atoms with E-state index in [-0.39, 0.29) is 6.10 Å². The number of hydrogen-bond donors (Lipinski definition) is 0. The summed E-state index contributed by atoms with van der Waals surface area (Å²) >= 11 is 0. The molecular weight excluding hydrogens is 188 g/mol. The zero-order chi connectivity index (χ0) is 10.8. The van der Waals surface area contributed by atoms with Crippen molar-refractivity contribution in [2.45, 2.75) is 26.9 Å². The maximum atomic E-state index is 5.93. The van der Waals surface area contributed by atoms with Crippen molar-refractivity contribution in [2.24, 2.45) is 11.8 Å². The molecule has 82 valence electrons. The summed E-state index contributed by atoms with van der Waals surface area (Å²) in [4.78, 5) is 0. The van der Waals surface area contributed by atoms with Crippen LogP contribution >= 0.6 is 0 Å². The highest BCUT2D eigenvalue weighted by Gasteiger charge is 2.27. The molecule has 0 spiro atoms. The van der Waals surface area contributed by atoms with Crippen molar-refractivity contribution in [3.8, 4) is 11.5 Å². The van der Waals surface area contributed by atoms with Crippen molar-refractivity contribution in [1.29, 1.82) is 0 Å². The van der Waals surface area contributed by atoms with Gasteiger partial charge in [-0.15, -0.1) is 0 Å². The number of benzene rings is 1. The molecule has 0 amide bonds. The SMILES string of the molecule is CC(C)C(C)C1COc2ccccc2O1. The Kier molecular flexibility index (Phi) is 2.85. The van der Waals surface area contributed by atoms with Crippen LogP contribution in [0.1, 0.15) is 20.8 Å². The number of para-hydroxylation sites is 2. The summed E-state index contributed by atoms with van der Waals surface area (Å²) in [5.74, 6) is 2.87. The predicted octanol–water partition coefficient (Wildman–Crippen LogP) is 3.12. The Morgan fingerprint density at radius 1 is 1.13 bits per heavy atom.